The highest BCUT2D eigenvalue weighted by molar-refractivity contribution is 7.91. The van der Waals surface area contributed by atoms with Crippen LogP contribution in [0, 0.1) is 0 Å². The molecule has 0 aliphatic heterocycles. The van der Waals surface area contributed by atoms with Gasteiger partial charge in [0.1, 0.15) is 0 Å². The van der Waals surface area contributed by atoms with Crippen molar-refractivity contribution in [2.24, 2.45) is 5.14 Å². The molecule has 0 spiro atoms. The first kappa shape index (κ1) is 18.8. The molecule has 0 saturated carbocycles. The summed E-state index contributed by atoms with van der Waals surface area (Å²) in [5.74, 6) is 0.164. The van der Waals surface area contributed by atoms with Gasteiger partial charge in [-0.15, -0.1) is 11.3 Å². The monoisotopic (exact) mass is 350 g/mol. The molecule has 1 aromatic rings. The predicted molar refractivity (Wildman–Crippen MR) is 89.6 cm³/mol. The van der Waals surface area contributed by atoms with E-state index in [4.69, 9.17) is 9.56 Å². The molecular weight excluding hydrogens is 324 g/mol. The molecule has 1 rings (SSSR count). The summed E-state index contributed by atoms with van der Waals surface area (Å²) >= 11 is 1.14. The summed E-state index contributed by atoms with van der Waals surface area (Å²) in [7, 11) is -5.72. The third-order valence-corrected chi connectivity index (χ3v) is 11.2. The van der Waals surface area contributed by atoms with E-state index in [2.05, 4.69) is 38.8 Å². The highest BCUT2D eigenvalue weighted by Crippen LogP contribution is 2.38. The Kier molecular flexibility index (Phi) is 5.43. The molecule has 8 heteroatoms. The largest absolute Gasteiger partial charge is 0.411 e. The molecule has 1 heterocycles. The zero-order valence-electron chi connectivity index (χ0n) is 13.9. The summed E-state index contributed by atoms with van der Waals surface area (Å²) in [5.41, 5.74) is 0.441. The Morgan fingerprint density at radius 1 is 1.33 bits per heavy atom. The molecule has 0 aliphatic carbocycles. The lowest BCUT2D eigenvalue weighted by Crippen LogP contribution is -2.40. The van der Waals surface area contributed by atoms with E-state index in [1.165, 1.54) is 0 Å². The first-order chi connectivity index (χ1) is 9.25. The molecular formula is C13H26N2O3S2Si. The van der Waals surface area contributed by atoms with Crippen molar-refractivity contribution in [2.75, 3.05) is 0 Å². The summed E-state index contributed by atoms with van der Waals surface area (Å²) in [6, 6.07) is 0. The molecule has 0 aliphatic rings. The number of sulfonamides is 1. The Balaban J connectivity index is 3.09. The average molecular weight is 351 g/mol. The van der Waals surface area contributed by atoms with Gasteiger partial charge in [-0.2, -0.15) is 0 Å². The molecule has 0 fully saturated rings. The van der Waals surface area contributed by atoms with Crippen LogP contribution in [0.25, 0.3) is 0 Å². The van der Waals surface area contributed by atoms with Gasteiger partial charge in [0, 0.05) is 5.92 Å². The molecule has 0 radical (unpaired) electrons. The van der Waals surface area contributed by atoms with Crippen molar-refractivity contribution >= 4 is 29.7 Å². The number of thiazole rings is 1. The second-order valence-corrected chi connectivity index (χ2v) is 14.6. The van der Waals surface area contributed by atoms with Crippen molar-refractivity contribution < 1.29 is 12.8 Å². The molecule has 122 valence electrons. The minimum absolute atomic E-state index is 0.0612. The normalized spacial score (nSPS) is 14.0. The second-order valence-electron chi connectivity index (χ2n) is 7.03. The summed E-state index contributed by atoms with van der Waals surface area (Å²) in [5, 5.41) is 6.13. The van der Waals surface area contributed by atoms with E-state index in [0.717, 1.165) is 16.3 Å². The van der Waals surface area contributed by atoms with Crippen molar-refractivity contribution in [3.05, 3.63) is 10.7 Å². The Morgan fingerprint density at radius 3 is 2.24 bits per heavy atom. The van der Waals surface area contributed by atoms with Crippen LogP contribution in [-0.4, -0.2) is 21.7 Å². The fourth-order valence-electron chi connectivity index (χ4n) is 1.38. The average Bonchev–Trinajstić information content (AvgIpc) is 2.68. The Hall–Kier alpha value is -0.283. The zero-order valence-corrected chi connectivity index (χ0v) is 16.5. The predicted octanol–water partition coefficient (Wildman–Crippen LogP) is 3.44. The lowest BCUT2D eigenvalue weighted by molar-refractivity contribution is 0.270. The third kappa shape index (κ3) is 4.59. The number of nitrogens with zero attached hydrogens (tertiary/aromatic N) is 1. The second kappa shape index (κ2) is 6.08. The highest BCUT2D eigenvalue weighted by Gasteiger charge is 2.37. The van der Waals surface area contributed by atoms with Crippen molar-refractivity contribution in [1.29, 1.82) is 0 Å². The number of primary sulfonamides is 1. The van der Waals surface area contributed by atoms with Crippen LogP contribution in [0.1, 0.15) is 51.2 Å². The van der Waals surface area contributed by atoms with Crippen LogP contribution in [-0.2, 0) is 21.1 Å². The fourth-order valence-corrected chi connectivity index (χ4v) is 4.27. The van der Waals surface area contributed by atoms with Gasteiger partial charge in [-0.1, -0.05) is 34.6 Å². The van der Waals surface area contributed by atoms with E-state index in [1.54, 1.807) is 0 Å². The number of aromatic nitrogens is 1. The van der Waals surface area contributed by atoms with Crippen molar-refractivity contribution in [3.63, 3.8) is 0 Å². The molecule has 0 aromatic carbocycles. The molecule has 0 unspecified atom stereocenters. The van der Waals surface area contributed by atoms with Gasteiger partial charge < -0.3 is 4.43 Å². The fraction of sp³-hybridized carbons (Fsp3) is 0.769. The molecule has 21 heavy (non-hydrogen) atoms. The minimum Gasteiger partial charge on any atom is -0.411 e. The molecule has 0 atom stereocenters. The van der Waals surface area contributed by atoms with E-state index in [-0.39, 0.29) is 21.8 Å². The van der Waals surface area contributed by atoms with Crippen LogP contribution in [0.15, 0.2) is 4.21 Å². The summed E-state index contributed by atoms with van der Waals surface area (Å²) in [6.07, 6.45) is 0. The van der Waals surface area contributed by atoms with Gasteiger partial charge in [0.15, 0.2) is 12.5 Å². The maximum absolute atomic E-state index is 11.7. The number of hydrogen-bond donors (Lipinski definition) is 1. The summed E-state index contributed by atoms with van der Waals surface area (Å²) in [6.45, 7) is 14.8. The number of rotatable bonds is 5. The van der Waals surface area contributed by atoms with Crippen LogP contribution in [0.3, 0.4) is 0 Å². The summed E-state index contributed by atoms with van der Waals surface area (Å²) < 4.78 is 29.6. The Morgan fingerprint density at radius 2 is 1.86 bits per heavy atom. The first-order valence-electron chi connectivity index (χ1n) is 6.92. The lowest BCUT2D eigenvalue weighted by atomic mass is 10.2. The van der Waals surface area contributed by atoms with Crippen molar-refractivity contribution in [3.8, 4) is 0 Å². The van der Waals surface area contributed by atoms with Crippen LogP contribution < -0.4 is 5.14 Å². The first-order valence-corrected chi connectivity index (χ1v) is 12.2. The SMILES string of the molecule is CC(C)c1nc(CO[Si](C)(C)C(C)(C)C)c(S(N)(=O)=O)s1. The third-order valence-electron chi connectivity index (χ3n) is 3.81. The highest BCUT2D eigenvalue weighted by atomic mass is 32.2. The van der Waals surface area contributed by atoms with Crippen LogP contribution in [0.2, 0.25) is 18.1 Å². The van der Waals surface area contributed by atoms with Crippen LogP contribution in [0.5, 0.6) is 0 Å². The topological polar surface area (TPSA) is 82.3 Å². The van der Waals surface area contributed by atoms with E-state index >= 15 is 0 Å². The molecule has 2 N–H and O–H groups in total. The van der Waals surface area contributed by atoms with Gasteiger partial charge in [0.2, 0.25) is 10.0 Å². The molecule has 0 amide bonds. The van der Waals surface area contributed by atoms with Crippen LogP contribution >= 0.6 is 11.3 Å². The smallest absolute Gasteiger partial charge is 0.249 e. The van der Waals surface area contributed by atoms with Gasteiger partial charge >= 0.3 is 0 Å². The van der Waals surface area contributed by atoms with E-state index in [9.17, 15) is 8.42 Å². The maximum atomic E-state index is 11.7. The number of hydrogen-bond acceptors (Lipinski definition) is 5. The van der Waals surface area contributed by atoms with E-state index in [1.807, 2.05) is 13.8 Å². The Bertz CT molecular complexity index is 601. The molecule has 0 bridgehead atoms. The van der Waals surface area contributed by atoms with Crippen LogP contribution in [0.4, 0.5) is 0 Å². The van der Waals surface area contributed by atoms with Gasteiger partial charge in [-0.25, -0.2) is 18.5 Å². The Labute approximate surface area is 133 Å². The number of nitrogens with two attached hydrogens (primary N) is 1. The van der Waals surface area contributed by atoms with Crippen molar-refractivity contribution in [2.45, 2.75) is 69.5 Å². The van der Waals surface area contributed by atoms with Gasteiger partial charge in [0.25, 0.3) is 0 Å². The maximum Gasteiger partial charge on any atom is 0.249 e. The molecule has 1 aromatic heterocycles. The molecule has 0 saturated heterocycles. The summed E-state index contributed by atoms with van der Waals surface area (Å²) in [4.78, 5) is 4.42. The van der Waals surface area contributed by atoms with E-state index < -0.39 is 18.3 Å². The van der Waals surface area contributed by atoms with Gasteiger partial charge in [-0.05, 0) is 18.1 Å². The van der Waals surface area contributed by atoms with Gasteiger partial charge in [-0.3, -0.25) is 0 Å². The van der Waals surface area contributed by atoms with Gasteiger partial charge in [0.05, 0.1) is 17.3 Å². The van der Waals surface area contributed by atoms with Crippen molar-refractivity contribution in [1.82, 2.24) is 4.98 Å². The lowest BCUT2D eigenvalue weighted by Gasteiger charge is -2.35. The molecule has 5 nitrogen and oxygen atoms in total. The minimum atomic E-state index is -3.76. The van der Waals surface area contributed by atoms with E-state index in [0.29, 0.717) is 5.69 Å². The quantitative estimate of drug-likeness (QED) is 0.825. The zero-order chi connectivity index (χ0) is 16.6. The standard InChI is InChI=1S/C13H26N2O3S2Si/c1-9(2)11-15-10(12(19-11)20(14,16)17)8-18-21(6,7)13(3,4)5/h9H,8H2,1-7H3,(H2,14,16,17).